The number of aliphatic hydroxyl groups excluding tert-OH is 1. The van der Waals surface area contributed by atoms with Crippen molar-refractivity contribution in [1.29, 1.82) is 0 Å². The number of aliphatic hydroxyl groups is 1. The van der Waals surface area contributed by atoms with Gasteiger partial charge in [0.2, 0.25) is 0 Å². The molecule has 0 fully saturated rings. The molecule has 0 amide bonds. The van der Waals surface area contributed by atoms with Crippen molar-refractivity contribution in [2.75, 3.05) is 24.6 Å². The number of anilines is 1. The summed E-state index contributed by atoms with van der Waals surface area (Å²) in [6, 6.07) is 2.79. The molecular weight excluding hydrogens is 276 g/mol. The Labute approximate surface area is 120 Å². The van der Waals surface area contributed by atoms with E-state index in [1.165, 1.54) is 12.4 Å². The molecule has 0 bridgehead atoms. The van der Waals surface area contributed by atoms with Gasteiger partial charge < -0.3 is 15.0 Å². The zero-order valence-corrected chi connectivity index (χ0v) is 11.6. The molecule has 0 unspecified atom stereocenters. The van der Waals surface area contributed by atoms with E-state index in [2.05, 4.69) is 9.97 Å². The van der Waals surface area contributed by atoms with Crippen LogP contribution < -0.4 is 10.5 Å². The van der Waals surface area contributed by atoms with E-state index in [0.717, 1.165) is 0 Å². The van der Waals surface area contributed by atoms with E-state index in [-0.39, 0.29) is 17.7 Å². The summed E-state index contributed by atoms with van der Waals surface area (Å²) in [5.74, 6) is 0. The summed E-state index contributed by atoms with van der Waals surface area (Å²) >= 11 is 0. The van der Waals surface area contributed by atoms with Crippen LogP contribution in [0.3, 0.4) is 0 Å². The molecule has 0 saturated heterocycles. The van der Waals surface area contributed by atoms with Crippen LogP contribution in [0.1, 0.15) is 13.3 Å². The molecule has 21 heavy (non-hydrogen) atoms. The Balaban J connectivity index is 2.62. The van der Waals surface area contributed by atoms with Gasteiger partial charge in [-0.1, -0.05) is 0 Å². The zero-order chi connectivity index (χ0) is 15.4. The van der Waals surface area contributed by atoms with Crippen LogP contribution in [-0.2, 0) is 0 Å². The maximum absolute atomic E-state index is 11.7. The molecule has 2 N–H and O–H groups in total. The lowest BCUT2D eigenvalue weighted by Crippen LogP contribution is -2.25. The van der Waals surface area contributed by atoms with Crippen LogP contribution in [-0.4, -0.2) is 39.7 Å². The standard InChI is InChI=1S/C13H16N4O4/c1-2-16(4-3-5-18)11-7-10-9(6-12(11)17(20)21)13(19)15-8-14-10/h6-8,18H,2-5H2,1H3,(H,14,15,19). The van der Waals surface area contributed by atoms with Gasteiger partial charge in [-0.3, -0.25) is 14.9 Å². The number of nitrogens with zero attached hydrogens (tertiary/aromatic N) is 3. The Morgan fingerprint density at radius 1 is 1.48 bits per heavy atom. The summed E-state index contributed by atoms with van der Waals surface area (Å²) in [4.78, 5) is 30.7. The maximum atomic E-state index is 11.7. The van der Waals surface area contributed by atoms with Crippen molar-refractivity contribution in [3.05, 3.63) is 38.9 Å². The van der Waals surface area contributed by atoms with E-state index in [9.17, 15) is 14.9 Å². The number of H-pyrrole nitrogens is 1. The molecule has 8 nitrogen and oxygen atoms in total. The van der Waals surface area contributed by atoms with Gasteiger partial charge in [0.1, 0.15) is 5.69 Å². The molecule has 0 aliphatic carbocycles. The van der Waals surface area contributed by atoms with E-state index < -0.39 is 10.5 Å². The molecule has 1 aromatic carbocycles. The number of hydrogen-bond donors (Lipinski definition) is 2. The molecule has 2 rings (SSSR count). The lowest BCUT2D eigenvalue weighted by molar-refractivity contribution is -0.384. The molecule has 1 heterocycles. The van der Waals surface area contributed by atoms with Crippen LogP contribution in [0.4, 0.5) is 11.4 Å². The third-order valence-electron chi connectivity index (χ3n) is 3.24. The minimum absolute atomic E-state index is 0.00972. The largest absolute Gasteiger partial charge is 0.396 e. The van der Waals surface area contributed by atoms with Crippen molar-refractivity contribution in [1.82, 2.24) is 9.97 Å². The van der Waals surface area contributed by atoms with Crippen molar-refractivity contribution in [2.45, 2.75) is 13.3 Å². The van der Waals surface area contributed by atoms with Gasteiger partial charge in [-0.05, 0) is 19.4 Å². The first-order valence-electron chi connectivity index (χ1n) is 6.60. The highest BCUT2D eigenvalue weighted by Gasteiger charge is 2.21. The van der Waals surface area contributed by atoms with Crippen molar-refractivity contribution >= 4 is 22.3 Å². The first-order valence-corrected chi connectivity index (χ1v) is 6.60. The van der Waals surface area contributed by atoms with E-state index in [0.29, 0.717) is 30.7 Å². The number of nitro groups is 1. The van der Waals surface area contributed by atoms with Crippen molar-refractivity contribution in [3.8, 4) is 0 Å². The summed E-state index contributed by atoms with van der Waals surface area (Å²) in [6.45, 7) is 2.92. The number of benzene rings is 1. The quantitative estimate of drug-likeness (QED) is 0.607. The zero-order valence-electron chi connectivity index (χ0n) is 11.6. The average Bonchev–Trinajstić information content (AvgIpc) is 2.47. The minimum Gasteiger partial charge on any atom is -0.396 e. The highest BCUT2D eigenvalue weighted by Crippen LogP contribution is 2.31. The van der Waals surface area contributed by atoms with E-state index >= 15 is 0 Å². The Hall–Kier alpha value is -2.48. The van der Waals surface area contributed by atoms with Gasteiger partial charge in [0.15, 0.2) is 0 Å². The van der Waals surface area contributed by atoms with Gasteiger partial charge in [0, 0.05) is 25.8 Å². The normalized spacial score (nSPS) is 10.8. The number of aromatic amines is 1. The molecule has 0 atom stereocenters. The van der Waals surface area contributed by atoms with Gasteiger partial charge in [-0.25, -0.2) is 4.98 Å². The number of nitro benzene ring substituents is 1. The second-order valence-electron chi connectivity index (χ2n) is 4.50. The van der Waals surface area contributed by atoms with Crippen molar-refractivity contribution < 1.29 is 10.0 Å². The van der Waals surface area contributed by atoms with E-state index in [1.54, 1.807) is 11.0 Å². The Kier molecular flexibility index (Phi) is 4.49. The molecule has 112 valence electrons. The lowest BCUT2D eigenvalue weighted by atomic mass is 10.1. The SMILES string of the molecule is CCN(CCCO)c1cc2nc[nH]c(=O)c2cc1[N+](=O)[O-]. The molecule has 2 aromatic rings. The molecule has 0 saturated carbocycles. The fourth-order valence-corrected chi connectivity index (χ4v) is 2.20. The van der Waals surface area contributed by atoms with Gasteiger partial charge in [-0.2, -0.15) is 0 Å². The molecule has 1 aromatic heterocycles. The van der Waals surface area contributed by atoms with Crippen LogP contribution in [0.2, 0.25) is 0 Å². The number of aromatic nitrogens is 2. The molecule has 0 spiro atoms. The maximum Gasteiger partial charge on any atom is 0.293 e. The summed E-state index contributed by atoms with van der Waals surface area (Å²) in [7, 11) is 0. The highest BCUT2D eigenvalue weighted by molar-refractivity contribution is 5.86. The summed E-state index contributed by atoms with van der Waals surface area (Å²) in [5.41, 5.74) is 0.261. The predicted molar refractivity (Wildman–Crippen MR) is 78.6 cm³/mol. The second kappa shape index (κ2) is 6.31. The number of rotatable bonds is 6. The summed E-state index contributed by atoms with van der Waals surface area (Å²) in [6.07, 6.45) is 1.77. The first-order chi connectivity index (χ1) is 10.1. The van der Waals surface area contributed by atoms with E-state index in [4.69, 9.17) is 5.11 Å². The van der Waals surface area contributed by atoms with Crippen LogP contribution in [0.5, 0.6) is 0 Å². The third kappa shape index (κ3) is 3.00. The first kappa shape index (κ1) is 14.9. The molecular formula is C13H16N4O4. The monoisotopic (exact) mass is 292 g/mol. The van der Waals surface area contributed by atoms with Crippen LogP contribution in [0.25, 0.3) is 10.9 Å². The third-order valence-corrected chi connectivity index (χ3v) is 3.24. The topological polar surface area (TPSA) is 112 Å². The molecule has 0 radical (unpaired) electrons. The molecule has 0 aliphatic rings. The van der Waals surface area contributed by atoms with Gasteiger partial charge in [0.25, 0.3) is 11.2 Å². The molecule has 0 aliphatic heterocycles. The minimum atomic E-state index is -0.511. The smallest absolute Gasteiger partial charge is 0.293 e. The Bertz CT molecular complexity index is 713. The van der Waals surface area contributed by atoms with Crippen molar-refractivity contribution in [3.63, 3.8) is 0 Å². The van der Waals surface area contributed by atoms with Crippen LogP contribution in [0.15, 0.2) is 23.3 Å². The Morgan fingerprint density at radius 2 is 2.24 bits per heavy atom. The average molecular weight is 292 g/mol. The lowest BCUT2D eigenvalue weighted by Gasteiger charge is -2.22. The predicted octanol–water partition coefficient (Wildman–Crippen LogP) is 1.04. The summed E-state index contributed by atoms with van der Waals surface area (Å²) < 4.78 is 0. The number of nitrogens with one attached hydrogen (secondary N) is 1. The van der Waals surface area contributed by atoms with E-state index in [1.807, 2.05) is 6.92 Å². The molecule has 8 heteroatoms. The Morgan fingerprint density at radius 3 is 2.86 bits per heavy atom. The second-order valence-corrected chi connectivity index (χ2v) is 4.50. The summed E-state index contributed by atoms with van der Waals surface area (Å²) in [5, 5.41) is 20.4. The van der Waals surface area contributed by atoms with Gasteiger partial charge in [0.05, 0.1) is 22.2 Å². The fraction of sp³-hybridized carbons (Fsp3) is 0.385. The fourth-order valence-electron chi connectivity index (χ4n) is 2.20. The van der Waals surface area contributed by atoms with Crippen LogP contribution >= 0.6 is 0 Å². The number of hydrogen-bond acceptors (Lipinski definition) is 6. The van der Waals surface area contributed by atoms with Crippen LogP contribution in [0, 0.1) is 10.1 Å². The van der Waals surface area contributed by atoms with Gasteiger partial charge in [-0.15, -0.1) is 0 Å². The van der Waals surface area contributed by atoms with Crippen molar-refractivity contribution in [2.24, 2.45) is 0 Å². The number of fused-ring (bicyclic) bond motifs is 1. The van der Waals surface area contributed by atoms with Gasteiger partial charge >= 0.3 is 0 Å². The highest BCUT2D eigenvalue weighted by atomic mass is 16.6.